The predicted molar refractivity (Wildman–Crippen MR) is 53.4 cm³/mol. The molecule has 0 spiro atoms. The van der Waals surface area contributed by atoms with Crippen molar-refractivity contribution >= 4 is 11.8 Å². The van der Waals surface area contributed by atoms with Crippen LogP contribution in [0.5, 0.6) is 0 Å². The van der Waals surface area contributed by atoms with Gasteiger partial charge in [-0.1, -0.05) is 13.8 Å². The normalized spacial score (nSPS) is 23.9. The average Bonchev–Trinajstić information content (AvgIpc) is 1.99. The molecule has 1 rings (SSSR count). The van der Waals surface area contributed by atoms with Gasteiger partial charge in [-0.05, 0) is 12.3 Å². The molecular weight excluding hydrogens is 180 g/mol. The lowest BCUT2D eigenvalue weighted by atomic mass is 9.81. The lowest BCUT2D eigenvalue weighted by Crippen LogP contribution is -2.52. The first kappa shape index (κ1) is 11.2. The summed E-state index contributed by atoms with van der Waals surface area (Å²) in [7, 11) is 0. The maximum atomic E-state index is 11.7. The summed E-state index contributed by atoms with van der Waals surface area (Å²) in [5, 5.41) is 0. The van der Waals surface area contributed by atoms with Crippen LogP contribution in [0, 0.1) is 5.41 Å². The van der Waals surface area contributed by atoms with Gasteiger partial charge in [-0.2, -0.15) is 0 Å². The second-order valence-corrected chi connectivity index (χ2v) is 4.76. The van der Waals surface area contributed by atoms with Crippen molar-refractivity contribution in [2.24, 2.45) is 11.1 Å². The quantitative estimate of drug-likeness (QED) is 0.657. The molecule has 0 aromatic heterocycles. The van der Waals surface area contributed by atoms with E-state index in [-0.39, 0.29) is 23.3 Å². The highest BCUT2D eigenvalue weighted by Crippen LogP contribution is 2.32. The molecule has 1 aliphatic rings. The molecule has 4 heteroatoms. The number of nitrogens with zero attached hydrogens (tertiary/aromatic N) is 1. The molecule has 1 saturated heterocycles. The van der Waals surface area contributed by atoms with Crippen molar-refractivity contribution in [3.8, 4) is 0 Å². The van der Waals surface area contributed by atoms with Crippen molar-refractivity contribution in [2.45, 2.75) is 39.7 Å². The fourth-order valence-corrected chi connectivity index (χ4v) is 1.79. The molecule has 0 bridgehead atoms. The summed E-state index contributed by atoms with van der Waals surface area (Å²) in [5.74, 6) is -0.187. The first-order valence-electron chi connectivity index (χ1n) is 4.92. The second kappa shape index (κ2) is 3.69. The van der Waals surface area contributed by atoms with Crippen molar-refractivity contribution in [2.75, 3.05) is 6.54 Å². The Morgan fingerprint density at radius 2 is 1.79 bits per heavy atom. The Bertz CT molecular complexity index is 241. The number of hydrogen-bond acceptors (Lipinski definition) is 3. The number of likely N-dealkylation sites (tertiary alicyclic amines) is 1. The van der Waals surface area contributed by atoms with Crippen molar-refractivity contribution in [1.82, 2.24) is 4.90 Å². The number of carbonyl (C=O) groups is 2. The lowest BCUT2D eigenvalue weighted by Gasteiger charge is -2.37. The van der Waals surface area contributed by atoms with E-state index in [2.05, 4.69) is 0 Å². The second-order valence-electron chi connectivity index (χ2n) is 4.76. The van der Waals surface area contributed by atoms with E-state index in [1.807, 2.05) is 13.8 Å². The zero-order valence-corrected chi connectivity index (χ0v) is 9.04. The standard InChI is InChI=1S/C10H18N2O2/c1-7(6-11)12-8(13)4-10(2,3)5-9(12)14/h7H,4-6,11H2,1-3H3. The highest BCUT2D eigenvalue weighted by molar-refractivity contribution is 5.98. The molecule has 1 atom stereocenters. The fraction of sp³-hybridized carbons (Fsp3) is 0.800. The smallest absolute Gasteiger partial charge is 0.230 e. The van der Waals surface area contributed by atoms with Crippen molar-refractivity contribution < 1.29 is 9.59 Å². The molecule has 1 aliphatic heterocycles. The summed E-state index contributed by atoms with van der Waals surface area (Å²) in [4.78, 5) is 24.7. The molecule has 1 fully saturated rings. The third-order valence-electron chi connectivity index (χ3n) is 2.58. The third kappa shape index (κ3) is 2.12. The van der Waals surface area contributed by atoms with Crippen LogP contribution in [-0.4, -0.2) is 29.3 Å². The highest BCUT2D eigenvalue weighted by Gasteiger charge is 2.38. The van der Waals surface area contributed by atoms with Crippen LogP contribution < -0.4 is 5.73 Å². The molecule has 0 aromatic rings. The van der Waals surface area contributed by atoms with Crippen LogP contribution in [-0.2, 0) is 9.59 Å². The molecule has 0 radical (unpaired) electrons. The van der Waals surface area contributed by atoms with Gasteiger partial charge in [-0.15, -0.1) is 0 Å². The summed E-state index contributed by atoms with van der Waals surface area (Å²) in [6.45, 7) is 6.01. The molecule has 0 aromatic carbocycles. The van der Waals surface area contributed by atoms with Gasteiger partial charge in [0.2, 0.25) is 11.8 Å². The van der Waals surface area contributed by atoms with Crippen LogP contribution in [0.25, 0.3) is 0 Å². The Morgan fingerprint density at radius 3 is 2.14 bits per heavy atom. The lowest BCUT2D eigenvalue weighted by molar-refractivity contribution is -0.154. The van der Waals surface area contributed by atoms with E-state index in [1.165, 1.54) is 4.90 Å². The van der Waals surface area contributed by atoms with Gasteiger partial charge in [0.25, 0.3) is 0 Å². The van der Waals surface area contributed by atoms with Gasteiger partial charge in [0.15, 0.2) is 0 Å². The minimum Gasteiger partial charge on any atom is -0.328 e. The van der Waals surface area contributed by atoms with E-state index in [0.29, 0.717) is 19.4 Å². The molecule has 2 N–H and O–H groups in total. The van der Waals surface area contributed by atoms with Crippen LogP contribution in [0.4, 0.5) is 0 Å². The topological polar surface area (TPSA) is 63.4 Å². The van der Waals surface area contributed by atoms with Gasteiger partial charge in [0, 0.05) is 25.4 Å². The molecule has 1 unspecified atom stereocenters. The van der Waals surface area contributed by atoms with E-state index in [4.69, 9.17) is 5.73 Å². The monoisotopic (exact) mass is 198 g/mol. The Kier molecular flexibility index (Phi) is 2.95. The maximum Gasteiger partial charge on any atom is 0.230 e. The minimum absolute atomic E-state index is 0.0933. The fourth-order valence-electron chi connectivity index (χ4n) is 1.79. The van der Waals surface area contributed by atoms with Gasteiger partial charge >= 0.3 is 0 Å². The maximum absolute atomic E-state index is 11.7. The number of piperidine rings is 1. The number of imide groups is 1. The summed E-state index contributed by atoms with van der Waals surface area (Å²) < 4.78 is 0. The van der Waals surface area contributed by atoms with E-state index >= 15 is 0 Å². The third-order valence-corrected chi connectivity index (χ3v) is 2.58. The Balaban J connectivity index is 2.81. The molecule has 0 aliphatic carbocycles. The van der Waals surface area contributed by atoms with Crippen molar-refractivity contribution in [3.63, 3.8) is 0 Å². The van der Waals surface area contributed by atoms with Crippen molar-refractivity contribution in [1.29, 1.82) is 0 Å². The van der Waals surface area contributed by atoms with Gasteiger partial charge < -0.3 is 5.73 Å². The molecule has 0 saturated carbocycles. The molecular formula is C10H18N2O2. The van der Waals surface area contributed by atoms with Crippen LogP contribution in [0.1, 0.15) is 33.6 Å². The Hall–Kier alpha value is -0.900. The summed E-state index contributed by atoms with van der Waals surface area (Å²) in [6, 6.07) is -0.175. The molecule has 4 nitrogen and oxygen atoms in total. The van der Waals surface area contributed by atoms with E-state index in [9.17, 15) is 9.59 Å². The zero-order valence-electron chi connectivity index (χ0n) is 9.04. The zero-order chi connectivity index (χ0) is 10.9. The first-order valence-corrected chi connectivity index (χ1v) is 4.92. The minimum atomic E-state index is -0.195. The average molecular weight is 198 g/mol. The van der Waals surface area contributed by atoms with Gasteiger partial charge in [0.1, 0.15) is 0 Å². The summed E-state index contributed by atoms with van der Waals surface area (Å²) in [6.07, 6.45) is 0.867. The van der Waals surface area contributed by atoms with E-state index in [1.54, 1.807) is 6.92 Å². The predicted octanol–water partition coefficient (Wildman–Crippen LogP) is 0.509. The van der Waals surface area contributed by atoms with Crippen LogP contribution in [0.2, 0.25) is 0 Å². The SMILES string of the molecule is CC(CN)N1C(=O)CC(C)(C)CC1=O. The number of rotatable bonds is 2. The van der Waals surface area contributed by atoms with Crippen LogP contribution >= 0.6 is 0 Å². The van der Waals surface area contributed by atoms with E-state index < -0.39 is 0 Å². The summed E-state index contributed by atoms with van der Waals surface area (Å²) >= 11 is 0. The van der Waals surface area contributed by atoms with Gasteiger partial charge in [0.05, 0.1) is 0 Å². The van der Waals surface area contributed by atoms with Crippen LogP contribution in [0.15, 0.2) is 0 Å². The number of hydrogen-bond donors (Lipinski definition) is 1. The number of carbonyl (C=O) groups excluding carboxylic acids is 2. The summed E-state index contributed by atoms with van der Waals surface area (Å²) in [5.41, 5.74) is 5.25. The Labute approximate surface area is 84.4 Å². The highest BCUT2D eigenvalue weighted by atomic mass is 16.2. The Morgan fingerprint density at radius 1 is 1.36 bits per heavy atom. The van der Waals surface area contributed by atoms with E-state index in [0.717, 1.165) is 0 Å². The number of nitrogens with two attached hydrogens (primary N) is 1. The van der Waals surface area contributed by atoms with Gasteiger partial charge in [-0.25, -0.2) is 0 Å². The largest absolute Gasteiger partial charge is 0.328 e. The van der Waals surface area contributed by atoms with Crippen molar-refractivity contribution in [3.05, 3.63) is 0 Å². The molecule has 2 amide bonds. The first-order chi connectivity index (χ1) is 6.37. The number of amides is 2. The molecule has 80 valence electrons. The van der Waals surface area contributed by atoms with Gasteiger partial charge in [-0.3, -0.25) is 14.5 Å². The molecule has 1 heterocycles. The molecule has 14 heavy (non-hydrogen) atoms. The van der Waals surface area contributed by atoms with Crippen LogP contribution in [0.3, 0.4) is 0 Å².